The molecule has 2 aromatic rings. The van der Waals surface area contributed by atoms with E-state index in [0.29, 0.717) is 25.9 Å². The number of hydrogen-bond acceptors (Lipinski definition) is 6. The Morgan fingerprint density at radius 2 is 1.75 bits per heavy atom. The zero-order valence-corrected chi connectivity index (χ0v) is 19.1. The van der Waals surface area contributed by atoms with E-state index in [0.717, 1.165) is 66.3 Å². The lowest BCUT2D eigenvalue weighted by Gasteiger charge is -2.19. The zero-order valence-electron chi connectivity index (χ0n) is 18.3. The highest BCUT2D eigenvalue weighted by Crippen LogP contribution is 2.42. The van der Waals surface area contributed by atoms with Gasteiger partial charge in [-0.25, -0.2) is 9.11 Å². The summed E-state index contributed by atoms with van der Waals surface area (Å²) in [5.74, 6) is -0.917. The van der Waals surface area contributed by atoms with Gasteiger partial charge in [0, 0.05) is 18.8 Å². The summed E-state index contributed by atoms with van der Waals surface area (Å²) in [5, 5.41) is 3.15. The van der Waals surface area contributed by atoms with Crippen molar-refractivity contribution in [3.63, 3.8) is 0 Å². The third-order valence-corrected chi connectivity index (χ3v) is 8.18. The Hall–Kier alpha value is -2.46. The van der Waals surface area contributed by atoms with E-state index in [2.05, 4.69) is 15.0 Å². The Bertz CT molecular complexity index is 1170. The second-order valence-electron chi connectivity index (χ2n) is 9.66. The van der Waals surface area contributed by atoms with Crippen molar-refractivity contribution in [3.8, 4) is 0 Å². The van der Waals surface area contributed by atoms with Crippen molar-refractivity contribution in [2.75, 3.05) is 18.4 Å². The lowest BCUT2D eigenvalue weighted by atomic mass is 9.93. The molecule has 1 amide bonds. The third-order valence-electron chi connectivity index (χ3n) is 6.74. The number of nitrogens with one attached hydrogen (secondary N) is 2. The molecule has 5 rings (SSSR count). The lowest BCUT2D eigenvalue weighted by Crippen LogP contribution is -2.43. The fraction of sp³-hybridized carbons (Fsp3) is 0.545. The van der Waals surface area contributed by atoms with Crippen molar-refractivity contribution >= 4 is 27.8 Å². The second kappa shape index (κ2) is 7.55. The minimum atomic E-state index is -3.96. The predicted octanol–water partition coefficient (Wildman–Crippen LogP) is 3.24. The summed E-state index contributed by atoms with van der Waals surface area (Å²) in [5.41, 5.74) is 3.99. The quantitative estimate of drug-likeness (QED) is 0.707. The number of carbonyl (C=O) groups is 1. The number of benzene rings is 1. The minimum absolute atomic E-state index is 0.0710. The van der Waals surface area contributed by atoms with Gasteiger partial charge >= 0.3 is 10.2 Å². The molecule has 3 aliphatic rings. The van der Waals surface area contributed by atoms with Gasteiger partial charge in [0.1, 0.15) is 12.1 Å². The molecule has 1 fully saturated rings. The summed E-state index contributed by atoms with van der Waals surface area (Å²) < 4.78 is 48.8. The molecule has 0 atom stereocenters. The highest BCUT2D eigenvalue weighted by atomic mass is 32.2. The zero-order chi connectivity index (χ0) is 22.7. The Morgan fingerprint density at radius 3 is 2.34 bits per heavy atom. The van der Waals surface area contributed by atoms with Crippen LogP contribution in [0.3, 0.4) is 0 Å². The standard InChI is InChI=1S/C22H27FN4O4S/c1-22(2)9-10-27(12-22)32(29,30)26-20(28)17-11-31-21(24-17)25-19-15-7-3-5-13(15)18(23)14-6-4-8-16(14)19/h11H,3-10,12H2,1-2H3,(H,24,25)(H,26,28). The molecule has 2 heterocycles. The van der Waals surface area contributed by atoms with Crippen LogP contribution in [-0.4, -0.2) is 36.7 Å². The summed E-state index contributed by atoms with van der Waals surface area (Å²) in [4.78, 5) is 16.7. The van der Waals surface area contributed by atoms with Crippen molar-refractivity contribution in [3.05, 3.63) is 40.0 Å². The Labute approximate surface area is 186 Å². The van der Waals surface area contributed by atoms with Gasteiger partial charge in [0.15, 0.2) is 5.69 Å². The minimum Gasteiger partial charge on any atom is -0.431 e. The molecule has 1 aliphatic heterocycles. The molecule has 2 aliphatic carbocycles. The van der Waals surface area contributed by atoms with Gasteiger partial charge in [-0.05, 0) is 72.6 Å². The van der Waals surface area contributed by atoms with Gasteiger partial charge in [-0.2, -0.15) is 17.7 Å². The fourth-order valence-corrected chi connectivity index (χ4v) is 6.40. The number of aromatic nitrogens is 1. The normalized spacial score (nSPS) is 19.7. The van der Waals surface area contributed by atoms with E-state index in [4.69, 9.17) is 4.42 Å². The third kappa shape index (κ3) is 3.69. The first-order valence-electron chi connectivity index (χ1n) is 11.0. The number of anilines is 2. The molecule has 1 aromatic carbocycles. The van der Waals surface area contributed by atoms with Crippen LogP contribution in [0.2, 0.25) is 0 Å². The maximum atomic E-state index is 14.9. The molecule has 1 aromatic heterocycles. The van der Waals surface area contributed by atoms with Crippen molar-refractivity contribution < 1.29 is 22.0 Å². The van der Waals surface area contributed by atoms with E-state index in [1.54, 1.807) is 0 Å². The Kier molecular flexibility index (Phi) is 5.05. The lowest BCUT2D eigenvalue weighted by molar-refractivity contribution is 0.0974. The molecular weight excluding hydrogens is 435 g/mol. The molecule has 0 radical (unpaired) electrons. The highest BCUT2D eigenvalue weighted by molar-refractivity contribution is 7.87. The summed E-state index contributed by atoms with van der Waals surface area (Å²) in [6.07, 6.45) is 6.64. The van der Waals surface area contributed by atoms with Crippen LogP contribution in [0.15, 0.2) is 10.7 Å². The first kappa shape index (κ1) is 21.4. The second-order valence-corrected chi connectivity index (χ2v) is 11.3. The van der Waals surface area contributed by atoms with Crippen LogP contribution in [0.5, 0.6) is 0 Å². The van der Waals surface area contributed by atoms with Crippen molar-refractivity contribution in [2.24, 2.45) is 5.41 Å². The SMILES string of the molecule is CC1(C)CCN(S(=O)(=O)NC(=O)c2coc(Nc3c4c(c(F)c5c3CCC5)CCC4)n2)C1. The average Bonchev–Trinajstić information content (AvgIpc) is 3.49. The van der Waals surface area contributed by atoms with Gasteiger partial charge in [-0.3, -0.25) is 4.79 Å². The van der Waals surface area contributed by atoms with E-state index in [1.165, 1.54) is 4.31 Å². The predicted molar refractivity (Wildman–Crippen MR) is 117 cm³/mol. The van der Waals surface area contributed by atoms with Crippen molar-refractivity contribution in [1.82, 2.24) is 14.0 Å². The molecule has 0 spiro atoms. The largest absolute Gasteiger partial charge is 0.431 e. The first-order valence-corrected chi connectivity index (χ1v) is 12.5. The first-order chi connectivity index (χ1) is 15.1. The van der Waals surface area contributed by atoms with Crippen LogP contribution in [0.25, 0.3) is 0 Å². The summed E-state index contributed by atoms with van der Waals surface area (Å²) in [7, 11) is -3.96. The maximum absolute atomic E-state index is 14.9. The number of hydrogen-bond donors (Lipinski definition) is 2. The molecular formula is C22H27FN4O4S. The van der Waals surface area contributed by atoms with E-state index >= 15 is 0 Å². The van der Waals surface area contributed by atoms with Crippen LogP contribution in [0, 0.1) is 11.2 Å². The molecule has 10 heteroatoms. The van der Waals surface area contributed by atoms with Crippen LogP contribution in [-0.2, 0) is 35.9 Å². The summed E-state index contributed by atoms with van der Waals surface area (Å²) in [6, 6.07) is 0.0876. The van der Waals surface area contributed by atoms with Crippen LogP contribution in [0.1, 0.15) is 65.9 Å². The van der Waals surface area contributed by atoms with Crippen LogP contribution in [0.4, 0.5) is 16.1 Å². The molecule has 2 N–H and O–H groups in total. The number of rotatable bonds is 5. The Balaban J connectivity index is 1.35. The number of carbonyl (C=O) groups excluding carboxylic acids is 1. The van der Waals surface area contributed by atoms with Crippen molar-refractivity contribution in [2.45, 2.75) is 58.8 Å². The number of halogens is 1. The number of oxazole rings is 1. The summed E-state index contributed by atoms with van der Waals surface area (Å²) in [6.45, 7) is 4.69. The molecule has 0 bridgehead atoms. The molecule has 0 unspecified atom stereocenters. The Morgan fingerprint density at radius 1 is 1.12 bits per heavy atom. The van der Waals surface area contributed by atoms with Crippen molar-refractivity contribution in [1.29, 1.82) is 0 Å². The number of nitrogens with zero attached hydrogens (tertiary/aromatic N) is 2. The number of fused-ring (bicyclic) bond motifs is 2. The van der Waals surface area contributed by atoms with E-state index in [1.807, 2.05) is 13.8 Å². The monoisotopic (exact) mass is 462 g/mol. The molecule has 172 valence electrons. The van der Waals surface area contributed by atoms with E-state index in [9.17, 15) is 17.6 Å². The van der Waals surface area contributed by atoms with Gasteiger partial charge in [0.2, 0.25) is 0 Å². The van der Waals surface area contributed by atoms with Crippen LogP contribution < -0.4 is 10.0 Å². The van der Waals surface area contributed by atoms with Crippen LogP contribution >= 0.6 is 0 Å². The summed E-state index contributed by atoms with van der Waals surface area (Å²) >= 11 is 0. The van der Waals surface area contributed by atoms with Gasteiger partial charge in [-0.15, -0.1) is 0 Å². The highest BCUT2D eigenvalue weighted by Gasteiger charge is 2.37. The average molecular weight is 463 g/mol. The van der Waals surface area contributed by atoms with Gasteiger partial charge < -0.3 is 9.73 Å². The molecule has 8 nitrogen and oxygen atoms in total. The fourth-order valence-electron chi connectivity index (χ4n) is 5.08. The van der Waals surface area contributed by atoms with Gasteiger partial charge in [0.05, 0.1) is 0 Å². The molecule has 1 saturated heterocycles. The maximum Gasteiger partial charge on any atom is 0.304 e. The van der Waals surface area contributed by atoms with Gasteiger partial charge in [0.25, 0.3) is 11.9 Å². The molecule has 0 saturated carbocycles. The number of amides is 1. The van der Waals surface area contributed by atoms with Gasteiger partial charge in [-0.1, -0.05) is 13.8 Å². The molecule has 32 heavy (non-hydrogen) atoms. The smallest absolute Gasteiger partial charge is 0.304 e. The van der Waals surface area contributed by atoms with E-state index < -0.39 is 16.1 Å². The topological polar surface area (TPSA) is 105 Å². The van der Waals surface area contributed by atoms with E-state index in [-0.39, 0.29) is 22.9 Å².